The van der Waals surface area contributed by atoms with Gasteiger partial charge < -0.3 is 5.32 Å². The van der Waals surface area contributed by atoms with E-state index in [2.05, 4.69) is 10.0 Å². The third-order valence-corrected chi connectivity index (χ3v) is 5.47. The van der Waals surface area contributed by atoms with E-state index in [1.807, 2.05) is 6.92 Å². The van der Waals surface area contributed by atoms with E-state index < -0.39 is 15.8 Å². The molecule has 2 N–H and O–H groups in total. The van der Waals surface area contributed by atoms with Crippen LogP contribution in [0.1, 0.15) is 31.7 Å². The van der Waals surface area contributed by atoms with Crippen molar-refractivity contribution in [3.8, 4) is 0 Å². The van der Waals surface area contributed by atoms with Gasteiger partial charge in [-0.2, -0.15) is 0 Å². The highest BCUT2D eigenvalue weighted by molar-refractivity contribution is 7.89. The second kappa shape index (κ2) is 5.09. The summed E-state index contributed by atoms with van der Waals surface area (Å²) >= 11 is 0. The highest BCUT2D eigenvalue weighted by Crippen LogP contribution is 2.31. The minimum atomic E-state index is -3.64. The Bertz CT molecular complexity index is 614. The van der Waals surface area contributed by atoms with Crippen LogP contribution < -0.4 is 10.0 Å². The van der Waals surface area contributed by atoms with Gasteiger partial charge in [-0.3, -0.25) is 0 Å². The number of halogens is 1. The van der Waals surface area contributed by atoms with Crippen molar-refractivity contribution in [2.45, 2.75) is 49.7 Å². The van der Waals surface area contributed by atoms with Crippen molar-refractivity contribution in [2.75, 3.05) is 0 Å². The van der Waals surface area contributed by atoms with Gasteiger partial charge in [0.15, 0.2) is 0 Å². The monoisotopic (exact) mass is 298 g/mol. The minimum Gasteiger partial charge on any atom is -0.310 e. The second-order valence-electron chi connectivity index (χ2n) is 5.85. The molecule has 3 rings (SSSR count). The zero-order valence-corrected chi connectivity index (χ0v) is 12.2. The van der Waals surface area contributed by atoms with E-state index in [0.29, 0.717) is 24.1 Å². The molecule has 0 heterocycles. The van der Waals surface area contributed by atoms with E-state index in [-0.39, 0.29) is 10.9 Å². The summed E-state index contributed by atoms with van der Waals surface area (Å²) in [5.74, 6) is -0.157. The minimum absolute atomic E-state index is 0.00694. The highest BCUT2D eigenvalue weighted by atomic mass is 32.2. The number of benzene rings is 1. The predicted molar refractivity (Wildman–Crippen MR) is 74.2 cm³/mol. The van der Waals surface area contributed by atoms with Crippen LogP contribution in [0.2, 0.25) is 0 Å². The molecule has 2 fully saturated rings. The number of hydrogen-bond donors (Lipinski definition) is 2. The summed E-state index contributed by atoms with van der Waals surface area (Å²) < 4.78 is 40.8. The first-order chi connectivity index (χ1) is 9.45. The Morgan fingerprint density at radius 1 is 1.35 bits per heavy atom. The van der Waals surface area contributed by atoms with Gasteiger partial charge in [0.05, 0.1) is 4.90 Å². The van der Waals surface area contributed by atoms with Crippen LogP contribution in [0, 0.1) is 11.7 Å². The topological polar surface area (TPSA) is 58.2 Å². The maximum atomic E-state index is 13.4. The van der Waals surface area contributed by atoms with Gasteiger partial charge >= 0.3 is 0 Å². The van der Waals surface area contributed by atoms with Crippen LogP contribution in [0.3, 0.4) is 0 Å². The van der Waals surface area contributed by atoms with Crippen molar-refractivity contribution in [3.05, 3.63) is 29.6 Å². The number of nitrogens with one attached hydrogen (secondary N) is 2. The molecule has 1 aromatic rings. The molecule has 1 aromatic carbocycles. The van der Waals surface area contributed by atoms with Crippen molar-refractivity contribution in [1.29, 1.82) is 0 Å². The van der Waals surface area contributed by atoms with Crippen molar-refractivity contribution in [2.24, 2.45) is 5.92 Å². The molecule has 2 atom stereocenters. The molecule has 0 aliphatic heterocycles. The molecule has 0 saturated heterocycles. The van der Waals surface area contributed by atoms with E-state index in [1.165, 1.54) is 6.07 Å². The van der Waals surface area contributed by atoms with E-state index in [0.717, 1.165) is 25.3 Å². The van der Waals surface area contributed by atoms with Gasteiger partial charge in [-0.1, -0.05) is 13.0 Å². The standard InChI is InChI=1S/C14H19FN2O2S/c1-9-6-13(9)17-20(18,19)14-7-11(15)3-2-10(14)8-16-12-4-5-12/h2-3,7,9,12-13,16-17H,4-6,8H2,1H3. The summed E-state index contributed by atoms with van der Waals surface area (Å²) in [6, 6.07) is 4.44. The Hall–Kier alpha value is -0.980. The van der Waals surface area contributed by atoms with Crippen molar-refractivity contribution in [1.82, 2.24) is 10.0 Å². The number of hydrogen-bond acceptors (Lipinski definition) is 3. The summed E-state index contributed by atoms with van der Waals surface area (Å²) in [5, 5.41) is 3.27. The van der Waals surface area contributed by atoms with Gasteiger partial charge in [0.1, 0.15) is 5.82 Å². The fraction of sp³-hybridized carbons (Fsp3) is 0.571. The van der Waals surface area contributed by atoms with Crippen LogP contribution in [-0.2, 0) is 16.6 Å². The second-order valence-corrected chi connectivity index (χ2v) is 7.53. The number of rotatable bonds is 6. The summed E-state index contributed by atoms with van der Waals surface area (Å²) in [4.78, 5) is 0.0600. The predicted octanol–water partition coefficient (Wildman–Crippen LogP) is 1.76. The maximum Gasteiger partial charge on any atom is 0.241 e. The van der Waals surface area contributed by atoms with Crippen molar-refractivity contribution in [3.63, 3.8) is 0 Å². The highest BCUT2D eigenvalue weighted by Gasteiger charge is 2.37. The van der Waals surface area contributed by atoms with E-state index in [4.69, 9.17) is 0 Å². The van der Waals surface area contributed by atoms with E-state index in [1.54, 1.807) is 6.07 Å². The lowest BCUT2D eigenvalue weighted by Crippen LogP contribution is -2.29. The average molecular weight is 298 g/mol. The van der Waals surface area contributed by atoms with Crippen molar-refractivity contribution >= 4 is 10.0 Å². The third-order valence-electron chi connectivity index (χ3n) is 3.89. The fourth-order valence-corrected chi connectivity index (χ4v) is 3.82. The normalized spacial score (nSPS) is 25.7. The van der Waals surface area contributed by atoms with Crippen LogP contribution in [0.15, 0.2) is 23.1 Å². The lowest BCUT2D eigenvalue weighted by molar-refractivity contribution is 0.570. The van der Waals surface area contributed by atoms with Crippen LogP contribution in [0.25, 0.3) is 0 Å². The van der Waals surface area contributed by atoms with Crippen LogP contribution in [0.5, 0.6) is 0 Å². The summed E-state index contributed by atoms with van der Waals surface area (Å²) in [6.45, 7) is 2.45. The zero-order chi connectivity index (χ0) is 14.3. The zero-order valence-electron chi connectivity index (χ0n) is 11.4. The molecule has 4 nitrogen and oxygen atoms in total. The maximum absolute atomic E-state index is 13.4. The molecular formula is C14H19FN2O2S. The van der Waals surface area contributed by atoms with Gasteiger partial charge in [-0.25, -0.2) is 17.5 Å². The first-order valence-corrected chi connectivity index (χ1v) is 8.48. The Kier molecular flexibility index (Phi) is 3.56. The molecular weight excluding hydrogens is 279 g/mol. The first kappa shape index (κ1) is 14.0. The van der Waals surface area contributed by atoms with Crippen LogP contribution in [0.4, 0.5) is 4.39 Å². The summed E-state index contributed by atoms with van der Waals surface area (Å²) in [7, 11) is -3.64. The molecule has 6 heteroatoms. The summed E-state index contributed by atoms with van der Waals surface area (Å²) in [5.41, 5.74) is 0.624. The molecule has 0 amide bonds. The van der Waals surface area contributed by atoms with Crippen LogP contribution in [-0.4, -0.2) is 20.5 Å². The molecule has 0 spiro atoms. The molecule has 2 aliphatic carbocycles. The third kappa shape index (κ3) is 3.19. The Morgan fingerprint density at radius 3 is 2.65 bits per heavy atom. The molecule has 0 aromatic heterocycles. The SMILES string of the molecule is CC1CC1NS(=O)(=O)c1cc(F)ccc1CNC1CC1. The smallest absolute Gasteiger partial charge is 0.241 e. The molecule has 2 unspecified atom stereocenters. The quantitative estimate of drug-likeness (QED) is 0.841. The molecule has 0 bridgehead atoms. The Morgan fingerprint density at radius 2 is 2.05 bits per heavy atom. The van der Waals surface area contributed by atoms with E-state index in [9.17, 15) is 12.8 Å². The first-order valence-electron chi connectivity index (χ1n) is 7.00. The van der Waals surface area contributed by atoms with Gasteiger partial charge in [0.2, 0.25) is 10.0 Å². The molecule has 2 saturated carbocycles. The number of sulfonamides is 1. The average Bonchev–Trinajstić information content (AvgIpc) is 3.28. The van der Waals surface area contributed by atoms with E-state index >= 15 is 0 Å². The lowest BCUT2D eigenvalue weighted by Gasteiger charge is -2.12. The molecule has 110 valence electrons. The fourth-order valence-electron chi connectivity index (χ4n) is 2.22. The Labute approximate surface area is 118 Å². The van der Waals surface area contributed by atoms with Gasteiger partial charge in [-0.05, 0) is 42.9 Å². The largest absolute Gasteiger partial charge is 0.310 e. The Balaban J connectivity index is 1.82. The van der Waals surface area contributed by atoms with Gasteiger partial charge in [0.25, 0.3) is 0 Å². The van der Waals surface area contributed by atoms with Gasteiger partial charge in [-0.15, -0.1) is 0 Å². The summed E-state index contributed by atoms with van der Waals surface area (Å²) in [6.07, 6.45) is 3.10. The molecule has 0 radical (unpaired) electrons. The lowest BCUT2D eigenvalue weighted by atomic mass is 10.2. The van der Waals surface area contributed by atoms with Crippen molar-refractivity contribution < 1.29 is 12.8 Å². The molecule has 20 heavy (non-hydrogen) atoms. The van der Waals surface area contributed by atoms with Crippen LogP contribution >= 0.6 is 0 Å². The molecule has 2 aliphatic rings. The van der Waals surface area contributed by atoms with Gasteiger partial charge in [0, 0.05) is 18.6 Å².